The van der Waals surface area contributed by atoms with Gasteiger partial charge in [-0.05, 0) is 31.7 Å². The lowest BCUT2D eigenvalue weighted by molar-refractivity contribution is 0.0802. The Bertz CT molecular complexity index is 592. The molecular formula is C14H20N4OS2. The fraction of sp³-hybridized carbons (Fsp3) is 0.429. The molecule has 0 spiro atoms. The van der Waals surface area contributed by atoms with Crippen molar-refractivity contribution in [1.29, 1.82) is 0 Å². The van der Waals surface area contributed by atoms with E-state index in [-0.39, 0.29) is 11.9 Å². The number of hydrogen-bond donors (Lipinski definition) is 2. The predicted molar refractivity (Wildman–Crippen MR) is 90.3 cm³/mol. The summed E-state index contributed by atoms with van der Waals surface area (Å²) in [6.45, 7) is 4.71. The minimum atomic E-state index is -0.0710. The lowest BCUT2D eigenvalue weighted by Gasteiger charge is -2.15. The summed E-state index contributed by atoms with van der Waals surface area (Å²) in [5.74, 6) is 0.231. The topological polar surface area (TPSA) is 71.2 Å². The normalized spacial score (nSPS) is 10.9. The highest BCUT2D eigenvalue weighted by molar-refractivity contribution is 7.18. The first-order valence-electron chi connectivity index (χ1n) is 6.78. The molecule has 0 aliphatic carbocycles. The van der Waals surface area contributed by atoms with E-state index < -0.39 is 0 Å². The zero-order chi connectivity index (χ0) is 15.4. The fourth-order valence-electron chi connectivity index (χ4n) is 1.80. The maximum atomic E-state index is 12.4. The number of amides is 1. The van der Waals surface area contributed by atoms with Crippen LogP contribution < -0.4 is 11.1 Å². The van der Waals surface area contributed by atoms with Crippen LogP contribution in [-0.4, -0.2) is 35.4 Å². The number of likely N-dealkylation sites (N-methyl/N-ethyl adjacent to an activating group) is 1. The van der Waals surface area contributed by atoms with Crippen molar-refractivity contribution in [2.75, 3.05) is 24.6 Å². The number of nitrogens with two attached hydrogens (primary N) is 1. The second-order valence-electron chi connectivity index (χ2n) is 5.09. The van der Waals surface area contributed by atoms with Gasteiger partial charge in [0.05, 0.1) is 0 Å². The van der Waals surface area contributed by atoms with Crippen LogP contribution in [0, 0.1) is 0 Å². The molecule has 114 valence electrons. The molecule has 0 aliphatic rings. The number of nitrogens with zero attached hydrogens (tertiary/aromatic N) is 2. The average Bonchev–Trinajstić information content (AvgIpc) is 3.04. The maximum absolute atomic E-state index is 12.4. The molecule has 0 unspecified atom stereocenters. The number of nitrogen functional groups attached to an aromatic ring is 1. The van der Waals surface area contributed by atoms with Gasteiger partial charge in [0, 0.05) is 24.5 Å². The van der Waals surface area contributed by atoms with Crippen LogP contribution in [-0.2, 0) is 6.42 Å². The van der Waals surface area contributed by atoms with Crippen molar-refractivity contribution < 1.29 is 4.79 Å². The lowest BCUT2D eigenvalue weighted by atomic mass is 10.3. The van der Waals surface area contributed by atoms with E-state index >= 15 is 0 Å². The number of carbonyl (C=O) groups excluding carboxylic acids is 1. The standard InChI is InChI=1S/C14H20N4OS2/c1-9(2)16-14-17-12(15)11(21-14)13(19)18(3)7-6-10-5-4-8-20-10/h4-5,8-9H,6-7,15H2,1-3H3,(H,16,17). The smallest absolute Gasteiger partial charge is 0.267 e. The van der Waals surface area contributed by atoms with Crippen molar-refractivity contribution >= 4 is 39.5 Å². The second kappa shape index (κ2) is 6.91. The van der Waals surface area contributed by atoms with Crippen LogP contribution >= 0.6 is 22.7 Å². The highest BCUT2D eigenvalue weighted by Gasteiger charge is 2.20. The van der Waals surface area contributed by atoms with Crippen molar-refractivity contribution in [3.05, 3.63) is 27.3 Å². The summed E-state index contributed by atoms with van der Waals surface area (Å²) in [6, 6.07) is 4.36. The third-order valence-electron chi connectivity index (χ3n) is 2.88. The molecule has 0 atom stereocenters. The third-order valence-corrected chi connectivity index (χ3v) is 4.81. The molecule has 0 bridgehead atoms. The predicted octanol–water partition coefficient (Wildman–Crippen LogP) is 2.92. The Morgan fingerprint density at radius 1 is 1.52 bits per heavy atom. The highest BCUT2D eigenvalue weighted by atomic mass is 32.1. The van der Waals surface area contributed by atoms with Crippen LogP contribution in [0.15, 0.2) is 17.5 Å². The third kappa shape index (κ3) is 4.18. The number of rotatable bonds is 6. The Morgan fingerprint density at radius 2 is 2.29 bits per heavy atom. The summed E-state index contributed by atoms with van der Waals surface area (Å²) in [4.78, 5) is 20.1. The first-order valence-corrected chi connectivity index (χ1v) is 8.47. The van der Waals surface area contributed by atoms with Crippen LogP contribution in [0.5, 0.6) is 0 Å². The van der Waals surface area contributed by atoms with E-state index in [0.717, 1.165) is 6.42 Å². The summed E-state index contributed by atoms with van der Waals surface area (Å²) in [6.07, 6.45) is 0.857. The van der Waals surface area contributed by atoms with Gasteiger partial charge in [-0.3, -0.25) is 4.79 Å². The molecule has 0 aliphatic heterocycles. The number of nitrogens with one attached hydrogen (secondary N) is 1. The Labute approximate surface area is 132 Å². The molecule has 0 aromatic carbocycles. The molecule has 0 radical (unpaired) electrons. The first-order chi connectivity index (χ1) is 9.97. The van der Waals surface area contributed by atoms with Crippen LogP contribution in [0.25, 0.3) is 0 Å². The van der Waals surface area contributed by atoms with E-state index in [1.807, 2.05) is 25.3 Å². The van der Waals surface area contributed by atoms with Crippen molar-refractivity contribution in [3.63, 3.8) is 0 Å². The van der Waals surface area contributed by atoms with Crippen LogP contribution in [0.4, 0.5) is 10.9 Å². The zero-order valence-electron chi connectivity index (χ0n) is 12.4. The van der Waals surface area contributed by atoms with E-state index in [1.165, 1.54) is 16.2 Å². The summed E-state index contributed by atoms with van der Waals surface area (Å²) in [5.41, 5.74) is 5.86. The van der Waals surface area contributed by atoms with Gasteiger partial charge in [-0.15, -0.1) is 11.3 Å². The fourth-order valence-corrected chi connectivity index (χ4v) is 3.53. The summed E-state index contributed by atoms with van der Waals surface area (Å²) in [5, 5.41) is 5.91. The summed E-state index contributed by atoms with van der Waals surface area (Å²) < 4.78 is 0. The lowest BCUT2D eigenvalue weighted by Crippen LogP contribution is -2.28. The van der Waals surface area contributed by atoms with Gasteiger partial charge in [0.2, 0.25) is 0 Å². The number of thiophene rings is 1. The number of thiazole rings is 1. The minimum absolute atomic E-state index is 0.0710. The van der Waals surface area contributed by atoms with E-state index in [2.05, 4.69) is 16.4 Å². The largest absolute Gasteiger partial charge is 0.382 e. The molecule has 2 rings (SSSR count). The molecule has 0 saturated heterocycles. The van der Waals surface area contributed by atoms with Gasteiger partial charge in [0.1, 0.15) is 10.7 Å². The van der Waals surface area contributed by atoms with Crippen molar-refractivity contribution in [3.8, 4) is 0 Å². The van der Waals surface area contributed by atoms with E-state index in [0.29, 0.717) is 22.4 Å². The van der Waals surface area contributed by atoms with Gasteiger partial charge < -0.3 is 16.0 Å². The van der Waals surface area contributed by atoms with E-state index in [4.69, 9.17) is 5.73 Å². The van der Waals surface area contributed by atoms with Crippen LogP contribution in [0.3, 0.4) is 0 Å². The average molecular weight is 324 g/mol. The Kier molecular flexibility index (Phi) is 5.19. The van der Waals surface area contributed by atoms with E-state index in [1.54, 1.807) is 23.3 Å². The molecule has 3 N–H and O–H groups in total. The van der Waals surface area contributed by atoms with Gasteiger partial charge in [-0.2, -0.15) is 0 Å². The zero-order valence-corrected chi connectivity index (χ0v) is 14.1. The van der Waals surface area contributed by atoms with Gasteiger partial charge >= 0.3 is 0 Å². The van der Waals surface area contributed by atoms with Gasteiger partial charge in [-0.25, -0.2) is 4.98 Å². The monoisotopic (exact) mass is 324 g/mol. The van der Waals surface area contributed by atoms with Crippen molar-refractivity contribution in [2.45, 2.75) is 26.3 Å². The molecule has 21 heavy (non-hydrogen) atoms. The number of aromatic nitrogens is 1. The van der Waals surface area contributed by atoms with Gasteiger partial charge in [0.15, 0.2) is 5.13 Å². The number of carbonyl (C=O) groups is 1. The molecule has 2 heterocycles. The van der Waals surface area contributed by atoms with Gasteiger partial charge in [0.25, 0.3) is 5.91 Å². The number of anilines is 2. The van der Waals surface area contributed by atoms with Crippen molar-refractivity contribution in [1.82, 2.24) is 9.88 Å². The number of hydrogen-bond acceptors (Lipinski definition) is 6. The Balaban J connectivity index is 1.99. The molecular weight excluding hydrogens is 304 g/mol. The molecule has 5 nitrogen and oxygen atoms in total. The van der Waals surface area contributed by atoms with Crippen LogP contribution in [0.1, 0.15) is 28.4 Å². The molecule has 1 amide bonds. The molecule has 0 fully saturated rings. The second-order valence-corrected chi connectivity index (χ2v) is 7.12. The summed E-state index contributed by atoms with van der Waals surface area (Å²) in [7, 11) is 1.80. The molecule has 2 aromatic rings. The van der Waals surface area contributed by atoms with Crippen molar-refractivity contribution in [2.24, 2.45) is 0 Å². The Hall–Kier alpha value is -1.60. The summed E-state index contributed by atoms with van der Waals surface area (Å²) >= 11 is 3.02. The SMILES string of the molecule is CC(C)Nc1nc(N)c(C(=O)N(C)CCc2cccs2)s1. The molecule has 0 saturated carbocycles. The highest BCUT2D eigenvalue weighted by Crippen LogP contribution is 2.26. The van der Waals surface area contributed by atoms with Crippen LogP contribution in [0.2, 0.25) is 0 Å². The van der Waals surface area contributed by atoms with E-state index in [9.17, 15) is 4.79 Å². The first kappa shape index (κ1) is 15.8. The molecule has 7 heteroatoms. The van der Waals surface area contributed by atoms with Gasteiger partial charge in [-0.1, -0.05) is 17.4 Å². The minimum Gasteiger partial charge on any atom is -0.382 e. The Morgan fingerprint density at radius 3 is 2.90 bits per heavy atom. The molecule has 2 aromatic heterocycles. The quantitative estimate of drug-likeness (QED) is 0.857. The maximum Gasteiger partial charge on any atom is 0.267 e.